The van der Waals surface area contributed by atoms with Gasteiger partial charge in [0, 0.05) is 38.1 Å². The third-order valence-electron chi connectivity index (χ3n) is 6.09. The second-order valence-corrected chi connectivity index (χ2v) is 8.76. The van der Waals surface area contributed by atoms with E-state index >= 15 is 0 Å². The molecule has 1 amide bonds. The van der Waals surface area contributed by atoms with Gasteiger partial charge in [-0.15, -0.1) is 0 Å². The first-order valence-electron chi connectivity index (χ1n) is 11.1. The lowest BCUT2D eigenvalue weighted by molar-refractivity contribution is -0.192. The maximum atomic E-state index is 12.9. The lowest BCUT2D eigenvalue weighted by Crippen LogP contribution is -2.44. The number of fused-ring (bicyclic) bond motifs is 1. The number of carbonyl (C=O) groups excluding carboxylic acids is 2. The largest absolute Gasteiger partial charge is 0.490 e. The highest BCUT2D eigenvalue weighted by atomic mass is 19.4. The van der Waals surface area contributed by atoms with Crippen LogP contribution in [0.5, 0.6) is 0 Å². The summed E-state index contributed by atoms with van der Waals surface area (Å²) in [6, 6.07) is 0.355. The molecule has 0 spiro atoms. The predicted octanol–water partition coefficient (Wildman–Crippen LogP) is 2.07. The quantitative estimate of drug-likeness (QED) is 0.615. The highest BCUT2D eigenvalue weighted by Gasteiger charge is 2.54. The van der Waals surface area contributed by atoms with Crippen molar-refractivity contribution in [2.24, 2.45) is 11.3 Å². The second-order valence-electron chi connectivity index (χ2n) is 8.76. The number of aryl methyl sites for hydroxylation is 1. The topological polar surface area (TPSA) is 126 Å². The summed E-state index contributed by atoms with van der Waals surface area (Å²) in [7, 11) is 0. The molecule has 1 N–H and O–H groups in total. The first kappa shape index (κ1) is 27.5. The minimum atomic E-state index is -5.08. The molecule has 192 valence electrons. The van der Waals surface area contributed by atoms with Crippen LogP contribution in [-0.4, -0.2) is 87.9 Å². The number of carboxylic acid groups (broad SMARTS) is 1. The van der Waals surface area contributed by atoms with Crippen LogP contribution in [0.4, 0.5) is 13.2 Å². The van der Waals surface area contributed by atoms with Crippen molar-refractivity contribution < 1.29 is 41.9 Å². The highest BCUT2D eigenvalue weighted by molar-refractivity contribution is 5.80. The van der Waals surface area contributed by atoms with Crippen molar-refractivity contribution in [2.75, 3.05) is 32.8 Å². The van der Waals surface area contributed by atoms with E-state index in [1.165, 1.54) is 0 Å². The SMILES string of the molecule is CCOC(=O)[C@]12CCCN(C(=O)Cc3nc(C)no3)C[C@H]1CN(C(C)C)C2.O=C(O)C(F)(F)F. The molecule has 0 unspecified atom stereocenters. The number of likely N-dealkylation sites (tertiary alicyclic amines) is 2. The van der Waals surface area contributed by atoms with Gasteiger partial charge in [-0.25, -0.2) is 4.79 Å². The molecule has 0 aliphatic carbocycles. The Kier molecular flexibility index (Phi) is 9.03. The van der Waals surface area contributed by atoms with Crippen molar-refractivity contribution in [3.05, 3.63) is 11.7 Å². The number of esters is 1. The second kappa shape index (κ2) is 11.2. The van der Waals surface area contributed by atoms with Crippen LogP contribution in [0.25, 0.3) is 0 Å². The van der Waals surface area contributed by atoms with Crippen LogP contribution in [0, 0.1) is 18.3 Å². The van der Waals surface area contributed by atoms with E-state index in [1.807, 2.05) is 11.8 Å². The normalized spacial score (nSPS) is 23.1. The first-order chi connectivity index (χ1) is 15.8. The van der Waals surface area contributed by atoms with Gasteiger partial charge in [0.1, 0.15) is 6.42 Å². The summed E-state index contributed by atoms with van der Waals surface area (Å²) < 4.78 is 42.3. The molecule has 3 rings (SSSR count). The van der Waals surface area contributed by atoms with Crippen LogP contribution in [0.1, 0.15) is 45.3 Å². The zero-order valence-electron chi connectivity index (χ0n) is 19.7. The molecule has 34 heavy (non-hydrogen) atoms. The van der Waals surface area contributed by atoms with E-state index < -0.39 is 17.6 Å². The molecular formula is C21H31F3N4O6. The highest BCUT2D eigenvalue weighted by Crippen LogP contribution is 2.44. The van der Waals surface area contributed by atoms with Gasteiger partial charge in [0.2, 0.25) is 11.8 Å². The number of carboxylic acids is 1. The summed E-state index contributed by atoms with van der Waals surface area (Å²) in [6.45, 7) is 11.0. The Hall–Kier alpha value is -2.70. The molecule has 1 aromatic rings. The number of amides is 1. The number of rotatable bonds is 5. The molecule has 2 atom stereocenters. The molecular weight excluding hydrogens is 461 g/mol. The minimum Gasteiger partial charge on any atom is -0.475 e. The van der Waals surface area contributed by atoms with E-state index in [0.29, 0.717) is 44.0 Å². The molecule has 0 bridgehead atoms. The standard InChI is InChI=1S/C19H30N4O4.C2HF3O2/c1-5-26-18(25)19-7-6-8-22(10-15(19)11-23(12-19)13(2)3)17(24)9-16-20-14(4)21-27-16;3-2(4,5)1(6)7/h13,15H,5-12H2,1-4H3;(H,6,7)/t15-,19-;/m0./s1. The van der Waals surface area contributed by atoms with E-state index in [2.05, 4.69) is 28.9 Å². The van der Waals surface area contributed by atoms with Crippen molar-refractivity contribution in [3.8, 4) is 0 Å². The molecule has 0 saturated carbocycles. The van der Waals surface area contributed by atoms with E-state index in [0.717, 1.165) is 19.4 Å². The Morgan fingerprint density at radius 1 is 1.29 bits per heavy atom. The van der Waals surface area contributed by atoms with E-state index in [4.69, 9.17) is 19.2 Å². The average molecular weight is 492 g/mol. The molecule has 2 saturated heterocycles. The minimum absolute atomic E-state index is 0.0266. The lowest BCUT2D eigenvalue weighted by Gasteiger charge is -2.31. The third kappa shape index (κ3) is 6.67. The number of carbonyl (C=O) groups is 3. The third-order valence-corrected chi connectivity index (χ3v) is 6.09. The molecule has 0 aromatic carbocycles. The molecule has 10 nitrogen and oxygen atoms in total. The number of alkyl halides is 3. The number of halogens is 3. The number of aliphatic carboxylic acids is 1. The van der Waals surface area contributed by atoms with Gasteiger partial charge in [0.25, 0.3) is 0 Å². The zero-order chi connectivity index (χ0) is 25.7. The van der Waals surface area contributed by atoms with Gasteiger partial charge in [-0.2, -0.15) is 18.2 Å². The molecule has 13 heteroatoms. The summed E-state index contributed by atoms with van der Waals surface area (Å²) in [5.74, 6) is -1.95. The van der Waals surface area contributed by atoms with E-state index in [9.17, 15) is 22.8 Å². The van der Waals surface area contributed by atoms with Gasteiger partial charge in [-0.3, -0.25) is 14.5 Å². The van der Waals surface area contributed by atoms with Gasteiger partial charge in [0.05, 0.1) is 12.0 Å². The summed E-state index contributed by atoms with van der Waals surface area (Å²) in [5, 5.41) is 10.9. The monoisotopic (exact) mass is 492 g/mol. The van der Waals surface area contributed by atoms with Crippen molar-refractivity contribution in [3.63, 3.8) is 0 Å². The predicted molar refractivity (Wildman–Crippen MR) is 112 cm³/mol. The van der Waals surface area contributed by atoms with Crippen molar-refractivity contribution in [1.82, 2.24) is 19.9 Å². The Morgan fingerprint density at radius 3 is 2.44 bits per heavy atom. The fraction of sp³-hybridized carbons (Fsp3) is 0.762. The maximum Gasteiger partial charge on any atom is 0.490 e. The van der Waals surface area contributed by atoms with Crippen molar-refractivity contribution in [1.29, 1.82) is 0 Å². The Morgan fingerprint density at radius 2 is 1.94 bits per heavy atom. The Balaban J connectivity index is 0.000000509. The molecule has 2 aliphatic heterocycles. The Bertz CT molecular complexity index is 875. The van der Waals surface area contributed by atoms with E-state index in [1.54, 1.807) is 6.92 Å². The van der Waals surface area contributed by atoms with Gasteiger partial charge in [-0.1, -0.05) is 5.16 Å². The van der Waals surface area contributed by atoms with Crippen LogP contribution in [-0.2, 0) is 25.5 Å². The summed E-state index contributed by atoms with van der Waals surface area (Å²) in [5.41, 5.74) is -0.517. The maximum absolute atomic E-state index is 12.9. The summed E-state index contributed by atoms with van der Waals surface area (Å²) in [4.78, 5) is 42.9. The smallest absolute Gasteiger partial charge is 0.475 e. The van der Waals surface area contributed by atoms with Crippen LogP contribution in [0.15, 0.2) is 4.52 Å². The molecule has 2 aliphatic rings. The first-order valence-corrected chi connectivity index (χ1v) is 11.1. The number of ether oxygens (including phenoxy) is 1. The molecule has 3 heterocycles. The van der Waals surface area contributed by atoms with Crippen LogP contribution in [0.3, 0.4) is 0 Å². The number of aromatic nitrogens is 2. The van der Waals surface area contributed by atoms with Crippen molar-refractivity contribution >= 4 is 17.8 Å². The van der Waals surface area contributed by atoms with E-state index in [-0.39, 0.29) is 24.2 Å². The van der Waals surface area contributed by atoms with Gasteiger partial charge < -0.3 is 19.3 Å². The number of nitrogens with zero attached hydrogens (tertiary/aromatic N) is 4. The molecule has 1 aromatic heterocycles. The molecule has 0 radical (unpaired) electrons. The lowest BCUT2D eigenvalue weighted by atomic mass is 9.75. The zero-order valence-corrected chi connectivity index (χ0v) is 19.7. The van der Waals surface area contributed by atoms with Gasteiger partial charge in [0.15, 0.2) is 5.82 Å². The number of hydrogen-bond acceptors (Lipinski definition) is 8. The fourth-order valence-electron chi connectivity index (χ4n) is 4.35. The van der Waals surface area contributed by atoms with Gasteiger partial charge in [-0.05, 0) is 40.5 Å². The van der Waals surface area contributed by atoms with Crippen molar-refractivity contribution in [2.45, 2.75) is 59.2 Å². The summed E-state index contributed by atoms with van der Waals surface area (Å²) in [6.07, 6.45) is -3.44. The van der Waals surface area contributed by atoms with Crippen LogP contribution < -0.4 is 0 Å². The fourth-order valence-corrected chi connectivity index (χ4v) is 4.35. The van der Waals surface area contributed by atoms with Gasteiger partial charge >= 0.3 is 18.1 Å². The number of hydrogen-bond donors (Lipinski definition) is 1. The molecule has 2 fully saturated rings. The Labute approximate surface area is 195 Å². The van der Waals surface area contributed by atoms with Crippen LogP contribution >= 0.6 is 0 Å². The summed E-state index contributed by atoms with van der Waals surface area (Å²) >= 11 is 0. The average Bonchev–Trinajstić information content (AvgIpc) is 3.26. The van der Waals surface area contributed by atoms with Crippen LogP contribution in [0.2, 0.25) is 0 Å².